The molecule has 2 aromatic carbocycles. The van der Waals surface area contributed by atoms with Gasteiger partial charge in [-0.15, -0.1) is 0 Å². The lowest BCUT2D eigenvalue weighted by Crippen LogP contribution is -2.49. The van der Waals surface area contributed by atoms with E-state index in [1.54, 1.807) is 13.8 Å². The maximum atomic E-state index is 10.4. The fraction of sp³-hybridized carbons (Fsp3) is 0.478. The van der Waals surface area contributed by atoms with E-state index in [4.69, 9.17) is 9.39 Å². The molecule has 0 aromatic heterocycles. The summed E-state index contributed by atoms with van der Waals surface area (Å²) in [6, 6.07) is 12.6. The summed E-state index contributed by atoms with van der Waals surface area (Å²) in [6.07, 6.45) is 3.35. The lowest BCUT2D eigenvalue weighted by molar-refractivity contribution is -0.0893. The van der Waals surface area contributed by atoms with Crippen LogP contribution in [-0.4, -0.2) is 23.8 Å². The molecule has 0 atom stereocenters. The van der Waals surface area contributed by atoms with Crippen molar-refractivity contribution in [2.24, 2.45) is 0 Å². The first kappa shape index (κ1) is 20.0. The van der Waals surface area contributed by atoms with Gasteiger partial charge in [0.05, 0.1) is 11.2 Å². The van der Waals surface area contributed by atoms with Crippen LogP contribution in [-0.2, 0) is 24.1 Å². The molecule has 2 aromatic rings. The second-order valence-electron chi connectivity index (χ2n) is 8.62. The van der Waals surface area contributed by atoms with E-state index in [1.807, 2.05) is 32.0 Å². The zero-order valence-electron chi connectivity index (χ0n) is 17.3. The van der Waals surface area contributed by atoms with Gasteiger partial charge in [0.15, 0.2) is 0 Å². The van der Waals surface area contributed by atoms with Crippen LogP contribution in [0, 0.1) is 6.92 Å². The van der Waals surface area contributed by atoms with Gasteiger partial charge in [-0.3, -0.25) is 0 Å². The van der Waals surface area contributed by atoms with Crippen molar-refractivity contribution in [2.45, 2.75) is 71.7 Å². The number of aliphatic hydroxyl groups is 1. The fourth-order valence-electron chi connectivity index (χ4n) is 3.41. The van der Waals surface area contributed by atoms with E-state index in [-0.39, 0.29) is 0 Å². The predicted octanol–water partition coefficient (Wildman–Crippen LogP) is 3.61. The highest BCUT2D eigenvalue weighted by atomic mass is 16.5. The second kappa shape index (κ2) is 7.69. The minimum atomic E-state index is -0.928. The Balaban J connectivity index is 1.88. The summed E-state index contributed by atoms with van der Waals surface area (Å²) < 4.78 is 12.5. The highest BCUT2D eigenvalue weighted by Crippen LogP contribution is 2.32. The van der Waals surface area contributed by atoms with Crippen LogP contribution >= 0.6 is 0 Å². The molecule has 0 saturated heterocycles. The van der Waals surface area contributed by atoms with Gasteiger partial charge in [0.1, 0.15) is 12.4 Å². The van der Waals surface area contributed by atoms with Gasteiger partial charge in [-0.1, -0.05) is 42.0 Å². The van der Waals surface area contributed by atoms with Crippen molar-refractivity contribution in [3.05, 3.63) is 58.7 Å². The summed E-state index contributed by atoms with van der Waals surface area (Å²) in [5.41, 5.74) is 4.61. The SMILES string of the molecule is Cc1cc2c(c(OCc3ccccc3)c1BOC(C)(C)C(C)(C)O)CCC2. The molecule has 0 aliphatic heterocycles. The molecule has 0 bridgehead atoms. The number of fused-ring (bicyclic) bond motifs is 1. The van der Waals surface area contributed by atoms with Gasteiger partial charge in [0.2, 0.25) is 0 Å². The number of aryl methyl sites for hydroxylation is 2. The number of hydrogen-bond acceptors (Lipinski definition) is 3. The summed E-state index contributed by atoms with van der Waals surface area (Å²) in [6.45, 7) is 10.1. The van der Waals surface area contributed by atoms with Crippen molar-refractivity contribution in [3.8, 4) is 5.75 Å². The molecule has 0 radical (unpaired) electrons. The standard InChI is InChI=1S/C23H31BO3/c1-16-14-18-12-9-13-19(18)21(26-15-17-10-7-6-8-11-17)20(16)24-27-23(4,5)22(2,3)25/h6-8,10-11,14,24-25H,9,12-13,15H2,1-5H3. The molecule has 0 heterocycles. The monoisotopic (exact) mass is 366 g/mol. The zero-order chi connectivity index (χ0) is 19.7. The van der Waals surface area contributed by atoms with Crippen molar-refractivity contribution in [3.63, 3.8) is 0 Å². The van der Waals surface area contributed by atoms with Crippen LogP contribution in [0.5, 0.6) is 5.75 Å². The Morgan fingerprint density at radius 1 is 1.07 bits per heavy atom. The lowest BCUT2D eigenvalue weighted by Gasteiger charge is -2.38. The minimum absolute atomic E-state index is 0.431. The quantitative estimate of drug-likeness (QED) is 0.761. The van der Waals surface area contributed by atoms with E-state index >= 15 is 0 Å². The first-order valence-electron chi connectivity index (χ1n) is 9.86. The molecule has 144 valence electrons. The van der Waals surface area contributed by atoms with Gasteiger partial charge in [-0.25, -0.2) is 0 Å². The van der Waals surface area contributed by atoms with E-state index in [0.717, 1.165) is 29.6 Å². The van der Waals surface area contributed by atoms with Crippen molar-refractivity contribution in [1.82, 2.24) is 0 Å². The smallest absolute Gasteiger partial charge is 0.313 e. The Kier molecular flexibility index (Phi) is 5.69. The van der Waals surface area contributed by atoms with Crippen molar-refractivity contribution in [1.29, 1.82) is 0 Å². The average molecular weight is 366 g/mol. The van der Waals surface area contributed by atoms with E-state index in [2.05, 4.69) is 25.1 Å². The number of benzene rings is 2. The van der Waals surface area contributed by atoms with Crippen molar-refractivity contribution in [2.75, 3.05) is 0 Å². The van der Waals surface area contributed by atoms with E-state index < -0.39 is 11.2 Å². The molecule has 0 saturated carbocycles. The van der Waals surface area contributed by atoms with Crippen LogP contribution in [0.15, 0.2) is 36.4 Å². The van der Waals surface area contributed by atoms with Gasteiger partial charge >= 0.3 is 7.48 Å². The largest absolute Gasteiger partial charge is 0.489 e. The van der Waals surface area contributed by atoms with E-state index in [0.29, 0.717) is 14.1 Å². The zero-order valence-corrected chi connectivity index (χ0v) is 17.3. The lowest BCUT2D eigenvalue weighted by atomic mass is 9.78. The molecule has 1 aliphatic rings. The summed E-state index contributed by atoms with van der Waals surface area (Å²) in [4.78, 5) is 0. The third kappa shape index (κ3) is 4.39. The van der Waals surface area contributed by atoms with Gasteiger partial charge in [-0.05, 0) is 76.0 Å². The average Bonchev–Trinajstić information content (AvgIpc) is 3.06. The normalized spacial score (nSPS) is 14.1. The Morgan fingerprint density at radius 3 is 2.44 bits per heavy atom. The van der Waals surface area contributed by atoms with Crippen LogP contribution in [0.1, 0.15) is 56.4 Å². The molecule has 0 amide bonds. The van der Waals surface area contributed by atoms with E-state index in [9.17, 15) is 5.11 Å². The van der Waals surface area contributed by atoms with Crippen molar-refractivity contribution < 1.29 is 14.5 Å². The van der Waals surface area contributed by atoms with Gasteiger partial charge in [0, 0.05) is 0 Å². The van der Waals surface area contributed by atoms with Crippen LogP contribution in [0.25, 0.3) is 0 Å². The predicted molar refractivity (Wildman–Crippen MR) is 112 cm³/mol. The maximum Gasteiger partial charge on any atom is 0.313 e. The summed E-state index contributed by atoms with van der Waals surface area (Å²) in [5, 5.41) is 10.4. The van der Waals surface area contributed by atoms with Gasteiger partial charge in [0.25, 0.3) is 0 Å². The first-order valence-corrected chi connectivity index (χ1v) is 9.86. The molecule has 3 nitrogen and oxygen atoms in total. The highest BCUT2D eigenvalue weighted by Gasteiger charge is 2.36. The third-order valence-corrected chi connectivity index (χ3v) is 5.95. The van der Waals surface area contributed by atoms with Gasteiger partial charge < -0.3 is 14.5 Å². The topological polar surface area (TPSA) is 38.7 Å². The summed E-state index contributed by atoms with van der Waals surface area (Å²) in [7, 11) is 0.431. The molecule has 1 aliphatic carbocycles. The summed E-state index contributed by atoms with van der Waals surface area (Å²) >= 11 is 0. The Hall–Kier alpha value is -1.78. The van der Waals surface area contributed by atoms with Crippen LogP contribution in [0.3, 0.4) is 0 Å². The summed E-state index contributed by atoms with van der Waals surface area (Å²) in [5.74, 6) is 0.984. The molecule has 0 spiro atoms. The molecule has 1 N–H and O–H groups in total. The fourth-order valence-corrected chi connectivity index (χ4v) is 3.41. The molecule has 3 rings (SSSR count). The number of rotatable bonds is 7. The van der Waals surface area contributed by atoms with Gasteiger partial charge in [-0.2, -0.15) is 0 Å². The highest BCUT2D eigenvalue weighted by molar-refractivity contribution is 6.49. The molecule has 27 heavy (non-hydrogen) atoms. The number of hydrogen-bond donors (Lipinski definition) is 1. The second-order valence-corrected chi connectivity index (χ2v) is 8.62. The Bertz CT molecular complexity index is 792. The van der Waals surface area contributed by atoms with Crippen LogP contribution < -0.4 is 10.2 Å². The molecular weight excluding hydrogens is 335 g/mol. The van der Waals surface area contributed by atoms with Crippen LogP contribution in [0.2, 0.25) is 0 Å². The third-order valence-electron chi connectivity index (χ3n) is 5.95. The first-order chi connectivity index (χ1) is 12.7. The van der Waals surface area contributed by atoms with Crippen molar-refractivity contribution >= 4 is 12.9 Å². The molecule has 0 unspecified atom stereocenters. The molecule has 4 heteroatoms. The van der Waals surface area contributed by atoms with Crippen LogP contribution in [0.4, 0.5) is 0 Å². The molecular formula is C23H31BO3. The minimum Gasteiger partial charge on any atom is -0.489 e. The Labute approximate surface area is 164 Å². The molecule has 0 fully saturated rings. The number of ether oxygens (including phenoxy) is 1. The van der Waals surface area contributed by atoms with E-state index in [1.165, 1.54) is 23.1 Å². The Morgan fingerprint density at radius 2 is 1.78 bits per heavy atom. The maximum absolute atomic E-state index is 10.4.